The van der Waals surface area contributed by atoms with Crippen LogP contribution in [0.2, 0.25) is 0 Å². The van der Waals surface area contributed by atoms with Gasteiger partial charge in [-0.3, -0.25) is 4.79 Å². The van der Waals surface area contributed by atoms with Crippen LogP contribution in [0.1, 0.15) is 284 Å². The molecular weight excluding hydrogens is 1180 g/mol. The summed E-state index contributed by atoms with van der Waals surface area (Å²) in [6, 6.07) is -0.957. The topological polar surface area (TPSA) is 228 Å². The Morgan fingerprint density at radius 1 is 0.394 bits per heavy atom. The first kappa shape index (κ1) is 86.5. The summed E-state index contributed by atoms with van der Waals surface area (Å²) in [7, 11) is 0. The molecule has 0 aliphatic carbocycles. The van der Waals surface area contributed by atoms with E-state index in [-0.39, 0.29) is 18.9 Å². The number of aliphatic hydroxyl groups excluding tert-OH is 8. The number of hydrogen-bond donors (Lipinski definition) is 9. The number of allylic oxidation sites excluding steroid dienone is 19. The number of unbranched alkanes of at least 4 members (excludes halogenated alkanes) is 30. The van der Waals surface area contributed by atoms with Gasteiger partial charge in [-0.25, -0.2) is 0 Å². The van der Waals surface area contributed by atoms with Gasteiger partial charge in [0.25, 0.3) is 0 Å². The van der Waals surface area contributed by atoms with Crippen LogP contribution in [-0.2, 0) is 23.7 Å². The maximum Gasteiger partial charge on any atom is 0.220 e. The Hall–Kier alpha value is -3.61. The first-order valence-corrected chi connectivity index (χ1v) is 37.8. The van der Waals surface area contributed by atoms with Crippen LogP contribution in [0.4, 0.5) is 0 Å². The van der Waals surface area contributed by atoms with E-state index in [2.05, 4.69) is 129 Å². The van der Waals surface area contributed by atoms with Crippen LogP contribution in [0.5, 0.6) is 0 Å². The third kappa shape index (κ3) is 45.8. The lowest BCUT2D eigenvalue weighted by atomic mass is 9.97. The number of ether oxygens (including phenoxy) is 4. The van der Waals surface area contributed by atoms with Crippen molar-refractivity contribution >= 4 is 5.91 Å². The normalized spacial score (nSPS) is 23.2. The quantitative estimate of drug-likeness (QED) is 0.0204. The second-order valence-corrected chi connectivity index (χ2v) is 26.0. The summed E-state index contributed by atoms with van der Waals surface area (Å²) < 4.78 is 22.8. The van der Waals surface area contributed by atoms with Crippen LogP contribution in [0.25, 0.3) is 0 Å². The van der Waals surface area contributed by atoms with E-state index < -0.39 is 86.8 Å². The molecule has 540 valence electrons. The Morgan fingerprint density at radius 2 is 0.734 bits per heavy atom. The maximum absolute atomic E-state index is 13.3. The van der Waals surface area contributed by atoms with Crippen LogP contribution >= 0.6 is 0 Å². The third-order valence-corrected chi connectivity index (χ3v) is 17.7. The van der Waals surface area contributed by atoms with E-state index in [0.29, 0.717) is 12.8 Å². The van der Waals surface area contributed by atoms with Gasteiger partial charge in [0, 0.05) is 6.42 Å². The van der Waals surface area contributed by atoms with Gasteiger partial charge in [0.1, 0.15) is 48.8 Å². The molecule has 12 unspecified atom stereocenters. The molecule has 0 saturated carbocycles. The second-order valence-electron chi connectivity index (χ2n) is 26.0. The fraction of sp³-hybridized carbons (Fsp3) is 0.738. The molecule has 0 aromatic carbocycles. The average molecular weight is 1320 g/mol. The largest absolute Gasteiger partial charge is 0.394 e. The first-order valence-electron chi connectivity index (χ1n) is 37.8. The third-order valence-electron chi connectivity index (χ3n) is 17.7. The van der Waals surface area contributed by atoms with Gasteiger partial charge < -0.3 is 65.1 Å². The fourth-order valence-electron chi connectivity index (χ4n) is 11.7. The van der Waals surface area contributed by atoms with E-state index in [4.69, 9.17) is 18.9 Å². The number of aliphatic hydroxyl groups is 8. The molecule has 2 saturated heterocycles. The smallest absolute Gasteiger partial charge is 0.220 e. The van der Waals surface area contributed by atoms with Crippen molar-refractivity contribution in [2.45, 2.75) is 357 Å². The van der Waals surface area contributed by atoms with Crippen molar-refractivity contribution in [1.29, 1.82) is 0 Å². The average Bonchev–Trinajstić information content (AvgIpc) is 0.794. The highest BCUT2D eigenvalue weighted by molar-refractivity contribution is 5.76. The standard InChI is InChI=1S/C80H137NO13/c1-3-5-7-9-11-13-15-17-19-21-23-25-27-29-31-33-34-36-37-39-41-43-45-47-49-51-53-55-57-59-61-63-69(84)68(67-91-79-77(90)75(88)78(71(66-83)93-79)94-80-76(89)74(87)73(86)70(65-82)92-80)81-72(85)64-62-60-58-56-54-52-50-48-46-44-42-40-38-35-32-30-28-26-24-22-20-18-16-14-12-10-8-6-4-2/h6,8,12,14,18,20,24,26,30,32,38,40,44,46,50,52,56,58,61,63,68-71,73-80,82-84,86-90H,3-5,7,9-11,13,15-17,19,21-23,25,27-29,31,33-37,39,41-43,45,47-49,51,53-55,57,59-60,62,64-67H2,1-2H3,(H,81,85)/b8-6-,14-12-,20-18-,26-24-,32-30-,40-38-,46-44-,52-50-,58-56-,63-61+. The van der Waals surface area contributed by atoms with Gasteiger partial charge in [-0.2, -0.15) is 0 Å². The van der Waals surface area contributed by atoms with Gasteiger partial charge in [-0.05, 0) is 83.5 Å². The molecule has 9 N–H and O–H groups in total. The molecule has 2 fully saturated rings. The van der Waals surface area contributed by atoms with Gasteiger partial charge >= 0.3 is 0 Å². The van der Waals surface area contributed by atoms with Crippen LogP contribution in [-0.4, -0.2) is 140 Å². The van der Waals surface area contributed by atoms with Crippen LogP contribution in [0, 0.1) is 0 Å². The van der Waals surface area contributed by atoms with Crippen molar-refractivity contribution in [3.8, 4) is 0 Å². The zero-order chi connectivity index (χ0) is 68.0. The molecule has 94 heavy (non-hydrogen) atoms. The lowest BCUT2D eigenvalue weighted by molar-refractivity contribution is -0.359. The molecule has 0 bridgehead atoms. The van der Waals surface area contributed by atoms with E-state index in [1.54, 1.807) is 6.08 Å². The van der Waals surface area contributed by atoms with E-state index in [9.17, 15) is 45.6 Å². The minimum atomic E-state index is -1.80. The first-order chi connectivity index (χ1) is 46.1. The van der Waals surface area contributed by atoms with Crippen LogP contribution < -0.4 is 5.32 Å². The van der Waals surface area contributed by atoms with Gasteiger partial charge in [0.2, 0.25) is 5.91 Å². The number of nitrogens with one attached hydrogen (secondary N) is 1. The van der Waals surface area contributed by atoms with Crippen molar-refractivity contribution in [2.24, 2.45) is 0 Å². The monoisotopic (exact) mass is 1320 g/mol. The number of rotatable bonds is 61. The summed E-state index contributed by atoms with van der Waals surface area (Å²) >= 11 is 0. The summed E-state index contributed by atoms with van der Waals surface area (Å²) in [5, 5.41) is 87.5. The molecule has 0 aromatic heterocycles. The van der Waals surface area contributed by atoms with E-state index in [1.165, 1.54) is 167 Å². The molecule has 2 aliphatic heterocycles. The van der Waals surface area contributed by atoms with Gasteiger partial charge in [-0.1, -0.05) is 315 Å². The van der Waals surface area contributed by atoms with Gasteiger partial charge in [-0.15, -0.1) is 0 Å². The lowest BCUT2D eigenvalue weighted by Crippen LogP contribution is -2.65. The van der Waals surface area contributed by atoms with Crippen molar-refractivity contribution < 1.29 is 64.6 Å². The van der Waals surface area contributed by atoms with Gasteiger partial charge in [0.05, 0.1) is 32.0 Å². The van der Waals surface area contributed by atoms with Crippen molar-refractivity contribution in [1.82, 2.24) is 5.32 Å². The Morgan fingerprint density at radius 3 is 1.12 bits per heavy atom. The number of hydrogen-bond acceptors (Lipinski definition) is 13. The highest BCUT2D eigenvalue weighted by atomic mass is 16.7. The van der Waals surface area contributed by atoms with Crippen molar-refractivity contribution in [2.75, 3.05) is 19.8 Å². The Bertz CT molecular complexity index is 2040. The summed E-state index contributed by atoms with van der Waals surface area (Å²) in [5.74, 6) is -0.299. The molecule has 14 heteroatoms. The second kappa shape index (κ2) is 62.9. The lowest BCUT2D eigenvalue weighted by Gasteiger charge is -2.46. The van der Waals surface area contributed by atoms with Gasteiger partial charge in [0.15, 0.2) is 12.6 Å². The number of carbonyl (C=O) groups excluding carboxylic acids is 1. The van der Waals surface area contributed by atoms with Crippen LogP contribution in [0.15, 0.2) is 122 Å². The Balaban J connectivity index is 1.69. The molecule has 12 atom stereocenters. The minimum absolute atomic E-state index is 0.194. The van der Waals surface area contributed by atoms with Crippen molar-refractivity contribution in [3.05, 3.63) is 122 Å². The SMILES string of the molecule is CC/C=C\C/C=C\C/C=C\C/C=C\C/C=C\C/C=C\C/C=C\C/C=C\C/C=C\CCCC(=O)NC(COC1OC(CO)C(OC2OC(CO)C(O)C(O)C2O)C(O)C1O)C(O)/C=C/CCCCCCCCCCCCCCCCCCCCCCCCCCCCCCC. The van der Waals surface area contributed by atoms with E-state index in [0.717, 1.165) is 83.5 Å². The predicted molar refractivity (Wildman–Crippen MR) is 387 cm³/mol. The molecule has 2 heterocycles. The predicted octanol–water partition coefficient (Wildman–Crippen LogP) is 16.5. The summed E-state index contributed by atoms with van der Waals surface area (Å²) in [6.45, 7) is 2.67. The van der Waals surface area contributed by atoms with Crippen molar-refractivity contribution in [3.63, 3.8) is 0 Å². The summed E-state index contributed by atoms with van der Waals surface area (Å²) in [6.07, 6.45) is 75.5. The maximum atomic E-state index is 13.3. The Kier molecular flexibility index (Phi) is 57.8. The zero-order valence-corrected chi connectivity index (χ0v) is 58.9. The highest BCUT2D eigenvalue weighted by Crippen LogP contribution is 2.30. The molecule has 0 radical (unpaired) electrons. The molecular formula is C80H137NO13. The molecule has 0 aromatic rings. The summed E-state index contributed by atoms with van der Waals surface area (Å²) in [4.78, 5) is 13.3. The molecule has 14 nitrogen and oxygen atoms in total. The molecule has 2 aliphatic rings. The minimum Gasteiger partial charge on any atom is -0.394 e. The number of carbonyl (C=O) groups is 1. The number of amides is 1. The molecule has 0 spiro atoms. The van der Waals surface area contributed by atoms with E-state index in [1.807, 2.05) is 6.08 Å². The highest BCUT2D eigenvalue weighted by Gasteiger charge is 2.51. The fourth-order valence-corrected chi connectivity index (χ4v) is 11.7. The summed E-state index contributed by atoms with van der Waals surface area (Å²) in [5.41, 5.74) is 0. The zero-order valence-electron chi connectivity index (χ0n) is 58.9. The van der Waals surface area contributed by atoms with E-state index >= 15 is 0 Å². The molecule has 1 amide bonds. The Labute approximate surface area is 571 Å². The van der Waals surface area contributed by atoms with Crippen LogP contribution in [0.3, 0.4) is 0 Å². The molecule has 2 rings (SSSR count).